The number of fused-ring (bicyclic) bond motifs is 1. The molecule has 45 heavy (non-hydrogen) atoms. The molecule has 0 radical (unpaired) electrons. The molecule has 0 bridgehead atoms. The quantitative estimate of drug-likeness (QED) is 0.307. The van der Waals surface area contributed by atoms with Gasteiger partial charge in [-0.05, 0) is 88.8 Å². The number of aromatic nitrogens is 2. The van der Waals surface area contributed by atoms with E-state index in [0.29, 0.717) is 53.4 Å². The van der Waals surface area contributed by atoms with Crippen molar-refractivity contribution in [2.24, 2.45) is 11.8 Å². The van der Waals surface area contributed by atoms with E-state index in [1.54, 1.807) is 37.4 Å². The molecule has 4 aliphatic rings. The Hall–Kier alpha value is -3.24. The van der Waals surface area contributed by atoms with Gasteiger partial charge >= 0.3 is 6.01 Å². The molecule has 2 aromatic rings. The maximum Gasteiger partial charge on any atom is 0.324 e. The smallest absolute Gasteiger partial charge is 0.324 e. The molecule has 3 fully saturated rings. The number of nitrogens with zero attached hydrogens (tertiary/aromatic N) is 6. The van der Waals surface area contributed by atoms with Gasteiger partial charge in [-0.25, -0.2) is 4.98 Å². The first-order valence-corrected chi connectivity index (χ1v) is 17.0. The monoisotopic (exact) mass is 618 g/mol. The minimum absolute atomic E-state index is 0.0309. The number of carbonyl (C=O) groups excluding carboxylic acids is 2. The van der Waals surface area contributed by atoms with Crippen LogP contribution in [0, 0.1) is 11.8 Å². The standard InChI is InChI=1S/C35H50N6O4/c1-6-28-34(43)38(4)29-21-36-35(37-33(29)41(28)23(2)3)45-31-14-11-26(20-32(31)44-5)30(42)19-24-9-12-27(13-10-24)40-17-15-39(16-18-40)22-25-7-8-25/h11,14,20-21,23-25,27-28H,6-10,12-13,15-19,22H2,1-5H3/t24?,27?,28-/m1/s1. The minimum Gasteiger partial charge on any atom is -0.493 e. The zero-order valence-corrected chi connectivity index (χ0v) is 27.7. The Morgan fingerprint density at radius 2 is 1.71 bits per heavy atom. The normalized spacial score (nSPS) is 24.6. The molecule has 2 aliphatic heterocycles. The van der Waals surface area contributed by atoms with Crippen LogP contribution < -0.4 is 19.3 Å². The van der Waals surface area contributed by atoms with E-state index in [1.165, 1.54) is 58.4 Å². The predicted molar refractivity (Wildman–Crippen MR) is 176 cm³/mol. The van der Waals surface area contributed by atoms with Crippen molar-refractivity contribution in [3.05, 3.63) is 30.0 Å². The second kappa shape index (κ2) is 13.6. The average molecular weight is 619 g/mol. The number of carbonyl (C=O) groups is 2. The largest absolute Gasteiger partial charge is 0.493 e. The second-order valence-corrected chi connectivity index (χ2v) is 13.7. The maximum absolute atomic E-state index is 13.4. The van der Waals surface area contributed by atoms with Gasteiger partial charge in [0.2, 0.25) is 5.91 Å². The van der Waals surface area contributed by atoms with Crippen LogP contribution in [-0.4, -0.2) is 96.5 Å². The fourth-order valence-electron chi connectivity index (χ4n) is 7.51. The molecule has 0 unspecified atom stereocenters. The number of likely N-dealkylation sites (N-methyl/N-ethyl adjacent to an activating group) is 1. The third-order valence-corrected chi connectivity index (χ3v) is 10.3. The number of hydrogen-bond acceptors (Lipinski definition) is 9. The number of piperazine rings is 1. The Morgan fingerprint density at radius 1 is 1.00 bits per heavy atom. The molecule has 1 saturated heterocycles. The SMILES string of the molecule is CC[C@@H]1C(=O)N(C)c2cnc(Oc3ccc(C(=O)CC4CCC(N5CCN(CC6CC6)CC5)CC4)cc3OC)nc2N1C(C)C. The van der Waals surface area contributed by atoms with Crippen LogP contribution in [0.5, 0.6) is 17.5 Å². The highest BCUT2D eigenvalue weighted by atomic mass is 16.5. The molecule has 1 amide bonds. The van der Waals surface area contributed by atoms with Crippen LogP contribution in [0.2, 0.25) is 0 Å². The summed E-state index contributed by atoms with van der Waals surface area (Å²) in [5.74, 6) is 3.15. The molecule has 3 heterocycles. The van der Waals surface area contributed by atoms with E-state index in [-0.39, 0.29) is 29.8 Å². The lowest BCUT2D eigenvalue weighted by Gasteiger charge is -2.42. The lowest BCUT2D eigenvalue weighted by Crippen LogP contribution is -2.54. The fraction of sp³-hybridized carbons (Fsp3) is 0.657. The van der Waals surface area contributed by atoms with Crippen molar-refractivity contribution < 1.29 is 19.1 Å². The predicted octanol–water partition coefficient (Wildman–Crippen LogP) is 5.41. The van der Waals surface area contributed by atoms with Gasteiger partial charge in [0.05, 0.1) is 13.3 Å². The van der Waals surface area contributed by atoms with Crippen molar-refractivity contribution in [2.75, 3.05) is 56.7 Å². The Morgan fingerprint density at radius 3 is 2.36 bits per heavy atom. The van der Waals surface area contributed by atoms with Crippen LogP contribution in [0.1, 0.15) is 82.5 Å². The number of benzene rings is 1. The summed E-state index contributed by atoms with van der Waals surface area (Å²) in [5, 5.41) is 0. The number of amides is 1. The molecule has 0 N–H and O–H groups in total. The lowest BCUT2D eigenvalue weighted by atomic mass is 9.81. The molecule has 1 aromatic heterocycles. The summed E-state index contributed by atoms with van der Waals surface area (Å²) in [5.41, 5.74) is 1.29. The van der Waals surface area contributed by atoms with Crippen molar-refractivity contribution in [2.45, 2.75) is 90.3 Å². The van der Waals surface area contributed by atoms with Crippen LogP contribution in [0.25, 0.3) is 0 Å². The summed E-state index contributed by atoms with van der Waals surface area (Å²) in [4.78, 5) is 44.5. The first-order chi connectivity index (χ1) is 21.7. The van der Waals surface area contributed by atoms with Crippen LogP contribution in [-0.2, 0) is 4.79 Å². The molecule has 1 aromatic carbocycles. The molecular formula is C35H50N6O4. The van der Waals surface area contributed by atoms with Gasteiger partial charge in [-0.2, -0.15) is 4.98 Å². The van der Waals surface area contributed by atoms with E-state index >= 15 is 0 Å². The van der Waals surface area contributed by atoms with E-state index in [9.17, 15) is 9.59 Å². The Kier molecular flexibility index (Phi) is 9.61. The Bertz CT molecular complexity index is 1360. The van der Waals surface area contributed by atoms with E-state index < -0.39 is 0 Å². The van der Waals surface area contributed by atoms with E-state index in [4.69, 9.17) is 14.5 Å². The first-order valence-electron chi connectivity index (χ1n) is 17.0. The van der Waals surface area contributed by atoms with Gasteiger partial charge in [-0.1, -0.05) is 6.92 Å². The molecule has 2 saturated carbocycles. The Labute approximate surface area is 268 Å². The highest BCUT2D eigenvalue weighted by molar-refractivity contribution is 6.04. The number of rotatable bonds is 11. The number of methoxy groups -OCH3 is 1. The highest BCUT2D eigenvalue weighted by Gasteiger charge is 2.38. The topological polar surface area (TPSA) is 91.3 Å². The molecular weight excluding hydrogens is 568 g/mol. The summed E-state index contributed by atoms with van der Waals surface area (Å²) in [7, 11) is 3.33. The summed E-state index contributed by atoms with van der Waals surface area (Å²) in [6.07, 6.45) is 10.3. The zero-order chi connectivity index (χ0) is 31.7. The van der Waals surface area contributed by atoms with Gasteiger partial charge in [0.1, 0.15) is 11.7 Å². The van der Waals surface area contributed by atoms with Gasteiger partial charge in [0.15, 0.2) is 23.1 Å². The van der Waals surface area contributed by atoms with Crippen LogP contribution in [0.4, 0.5) is 11.5 Å². The van der Waals surface area contributed by atoms with E-state index in [2.05, 4.69) is 28.6 Å². The summed E-state index contributed by atoms with van der Waals surface area (Å²) < 4.78 is 11.8. The molecule has 10 nitrogen and oxygen atoms in total. The van der Waals surface area contributed by atoms with Crippen LogP contribution in [0.3, 0.4) is 0 Å². The second-order valence-electron chi connectivity index (χ2n) is 13.7. The first kappa shape index (κ1) is 31.7. The van der Waals surface area contributed by atoms with Gasteiger partial charge in [-0.3, -0.25) is 14.5 Å². The van der Waals surface area contributed by atoms with Crippen LogP contribution in [0.15, 0.2) is 24.4 Å². The molecule has 1 atom stereocenters. The minimum atomic E-state index is -0.299. The zero-order valence-electron chi connectivity index (χ0n) is 27.7. The average Bonchev–Trinajstić information content (AvgIpc) is 3.87. The van der Waals surface area contributed by atoms with Gasteiger partial charge in [0, 0.05) is 63.8 Å². The van der Waals surface area contributed by atoms with Gasteiger partial charge < -0.3 is 24.2 Å². The van der Waals surface area contributed by atoms with Crippen molar-refractivity contribution in [1.82, 2.24) is 19.8 Å². The van der Waals surface area contributed by atoms with Crippen molar-refractivity contribution in [3.8, 4) is 17.5 Å². The number of ether oxygens (including phenoxy) is 2. The molecule has 2 aliphatic carbocycles. The molecule has 10 heteroatoms. The maximum atomic E-state index is 13.4. The Balaban J connectivity index is 1.06. The van der Waals surface area contributed by atoms with Crippen molar-refractivity contribution >= 4 is 23.2 Å². The summed E-state index contributed by atoms with van der Waals surface area (Å²) in [6, 6.07) is 5.94. The van der Waals surface area contributed by atoms with E-state index in [0.717, 1.165) is 18.8 Å². The molecule has 0 spiro atoms. The van der Waals surface area contributed by atoms with Crippen molar-refractivity contribution in [3.63, 3.8) is 0 Å². The highest BCUT2D eigenvalue weighted by Crippen LogP contribution is 2.39. The number of Topliss-reactive ketones (excluding diaryl/α,β-unsaturated/α-hetero) is 1. The third-order valence-electron chi connectivity index (χ3n) is 10.3. The van der Waals surface area contributed by atoms with Gasteiger partial charge in [0.25, 0.3) is 0 Å². The number of hydrogen-bond donors (Lipinski definition) is 0. The summed E-state index contributed by atoms with van der Waals surface area (Å²) >= 11 is 0. The fourth-order valence-corrected chi connectivity index (χ4v) is 7.51. The molecule has 244 valence electrons. The van der Waals surface area contributed by atoms with Gasteiger partial charge in [-0.15, -0.1) is 0 Å². The molecule has 6 rings (SSSR count). The van der Waals surface area contributed by atoms with E-state index in [1.807, 2.05) is 17.9 Å². The summed E-state index contributed by atoms with van der Waals surface area (Å²) in [6.45, 7) is 12.2. The lowest BCUT2D eigenvalue weighted by molar-refractivity contribution is -0.120. The van der Waals surface area contributed by atoms with Crippen LogP contribution >= 0.6 is 0 Å². The number of ketones is 1. The third kappa shape index (κ3) is 6.97. The van der Waals surface area contributed by atoms with Crippen molar-refractivity contribution in [1.29, 1.82) is 0 Å². The number of anilines is 2.